The van der Waals surface area contributed by atoms with E-state index < -0.39 is 0 Å². The van der Waals surface area contributed by atoms with Gasteiger partial charge in [-0.05, 0) is 0 Å². The van der Waals surface area contributed by atoms with Gasteiger partial charge in [0.05, 0.1) is 17.7 Å². The second-order valence-electron chi connectivity index (χ2n) is 1.48. The second kappa shape index (κ2) is 3.19. The Kier molecular flexibility index (Phi) is 2.21. The number of carbonyl (C=O) groups is 1. The molecule has 1 amide bonds. The smallest absolute Gasteiger partial charge is 0.207 e. The van der Waals surface area contributed by atoms with Crippen LogP contribution < -0.4 is 5.32 Å². The van der Waals surface area contributed by atoms with Crippen molar-refractivity contribution in [2.24, 2.45) is 0 Å². The van der Waals surface area contributed by atoms with Crippen molar-refractivity contribution in [1.29, 1.82) is 0 Å². The Morgan fingerprint density at radius 1 is 2.00 bits per heavy atom. The lowest BCUT2D eigenvalue weighted by Gasteiger charge is -1.89. The third-order valence-corrected chi connectivity index (χ3v) is 1.49. The summed E-state index contributed by atoms with van der Waals surface area (Å²) in [6, 6.07) is 0. The molecule has 1 rings (SSSR count). The summed E-state index contributed by atoms with van der Waals surface area (Å²) in [5, 5.41) is 4.41. The average molecular weight is 144 g/mol. The van der Waals surface area contributed by atoms with Crippen molar-refractivity contribution in [1.82, 2.24) is 10.3 Å². The minimum Gasteiger partial charge on any atom is -0.353 e. The van der Waals surface area contributed by atoms with Crippen molar-refractivity contribution in [3.63, 3.8) is 0 Å². The van der Waals surface area contributed by atoms with E-state index in [4.69, 9.17) is 0 Å². The molecule has 0 saturated heterocycles. The Morgan fingerprint density at radius 2 is 2.89 bits per heavy atom. The van der Waals surface area contributed by atoms with Crippen LogP contribution in [0.15, 0.2) is 10.9 Å². The van der Waals surface area contributed by atoms with Crippen molar-refractivity contribution < 1.29 is 6.22 Å². The van der Waals surface area contributed by atoms with Crippen LogP contribution in [0.3, 0.4) is 0 Å². The van der Waals surface area contributed by atoms with Crippen molar-refractivity contribution in [3.05, 3.63) is 16.6 Å². The zero-order valence-corrected chi connectivity index (χ0v) is 5.52. The molecule has 0 aromatic carbocycles. The van der Waals surface area contributed by atoms with E-state index in [1.54, 1.807) is 5.51 Å². The molecule has 0 unspecified atom stereocenters. The van der Waals surface area contributed by atoms with Gasteiger partial charge in [0, 0.05) is 6.81 Å². The number of nitrogens with one attached hydrogen (secondary N) is 1. The molecule has 0 fully saturated rings. The van der Waals surface area contributed by atoms with Crippen molar-refractivity contribution >= 4 is 17.7 Å². The zero-order valence-electron chi connectivity index (χ0n) is 4.70. The number of amides is 1. The summed E-state index contributed by atoms with van der Waals surface area (Å²) in [5.41, 5.74) is 2.65. The van der Waals surface area contributed by atoms with E-state index >= 15 is 0 Å². The summed E-state index contributed by atoms with van der Waals surface area (Å²) in [6.07, 6.45) is 0.666. The summed E-state index contributed by atoms with van der Waals surface area (Å²) < 4.78 is 0. The largest absolute Gasteiger partial charge is 0.353 e. The molecule has 1 heterocycles. The van der Waals surface area contributed by atoms with Crippen LogP contribution >= 0.6 is 11.3 Å². The van der Waals surface area contributed by atoms with Gasteiger partial charge >= 0.3 is 0 Å². The van der Waals surface area contributed by atoms with Gasteiger partial charge in [0.1, 0.15) is 0 Å². The van der Waals surface area contributed by atoms with Gasteiger partial charge < -0.3 is 5.32 Å². The molecular weight excluding hydrogens is 136 g/mol. The van der Waals surface area contributed by atoms with Gasteiger partial charge in [-0.3, -0.25) is 4.79 Å². The summed E-state index contributed by atoms with van der Waals surface area (Å²) in [6.45, 7) is 0.535. The standard InChI is InChI=1S/C5H6N2OS.H2/c8-3-6-1-5-2-9-4-7-5;/h2-4H,1H2,(H,6,8);1H. The van der Waals surface area contributed by atoms with Gasteiger partial charge in [-0.15, -0.1) is 11.3 Å². The minimum atomic E-state index is 0. The highest BCUT2D eigenvalue weighted by Gasteiger charge is 1.89. The Labute approximate surface area is 58.2 Å². The van der Waals surface area contributed by atoms with Crippen molar-refractivity contribution in [2.75, 3.05) is 0 Å². The molecule has 0 bridgehead atoms. The fourth-order valence-corrected chi connectivity index (χ4v) is 1.03. The Balaban J connectivity index is 0.000000810. The van der Waals surface area contributed by atoms with Gasteiger partial charge in [-0.1, -0.05) is 0 Å². The summed E-state index contributed by atoms with van der Waals surface area (Å²) in [5.74, 6) is 0. The third-order valence-electron chi connectivity index (χ3n) is 0.850. The number of nitrogens with zero attached hydrogens (tertiary/aromatic N) is 1. The van der Waals surface area contributed by atoms with Crippen LogP contribution in [0.25, 0.3) is 0 Å². The second-order valence-corrected chi connectivity index (χ2v) is 2.20. The molecule has 1 N–H and O–H groups in total. The summed E-state index contributed by atoms with van der Waals surface area (Å²) in [4.78, 5) is 13.7. The Morgan fingerprint density at radius 3 is 3.44 bits per heavy atom. The Bertz CT molecular complexity index is 178. The first-order chi connectivity index (χ1) is 4.43. The quantitative estimate of drug-likeness (QED) is 0.632. The molecule has 50 valence electrons. The Hall–Kier alpha value is -0.900. The maximum Gasteiger partial charge on any atom is 0.207 e. The fourth-order valence-electron chi connectivity index (χ4n) is 0.471. The molecule has 3 nitrogen and oxygen atoms in total. The van der Waals surface area contributed by atoms with Crippen molar-refractivity contribution in [2.45, 2.75) is 6.54 Å². The SMILES string of the molecule is O=CNCc1cscn1.[HH]. The van der Waals surface area contributed by atoms with Crippen LogP contribution in [0.1, 0.15) is 7.12 Å². The summed E-state index contributed by atoms with van der Waals surface area (Å²) in [7, 11) is 0. The molecule has 1 aromatic rings. The van der Waals surface area contributed by atoms with E-state index in [-0.39, 0.29) is 1.43 Å². The highest BCUT2D eigenvalue weighted by molar-refractivity contribution is 7.07. The van der Waals surface area contributed by atoms with Crippen molar-refractivity contribution in [3.8, 4) is 0 Å². The van der Waals surface area contributed by atoms with Gasteiger partial charge in [0.2, 0.25) is 6.41 Å². The highest BCUT2D eigenvalue weighted by Crippen LogP contribution is 1.98. The predicted octanol–water partition coefficient (Wildman–Crippen LogP) is 0.635. The number of hydrogen-bond acceptors (Lipinski definition) is 3. The molecular formula is C5H8N2OS. The van der Waals surface area contributed by atoms with E-state index in [1.807, 2.05) is 5.38 Å². The van der Waals surface area contributed by atoms with E-state index in [2.05, 4.69) is 10.3 Å². The first-order valence-electron chi connectivity index (χ1n) is 2.47. The van der Waals surface area contributed by atoms with E-state index in [9.17, 15) is 4.79 Å². The van der Waals surface area contributed by atoms with Crippen LogP contribution in [0, 0.1) is 0 Å². The molecule has 9 heavy (non-hydrogen) atoms. The predicted molar refractivity (Wildman–Crippen MR) is 37.1 cm³/mol. The number of carbonyl (C=O) groups excluding carboxylic acids is 1. The molecule has 0 saturated carbocycles. The first-order valence-corrected chi connectivity index (χ1v) is 3.42. The molecule has 0 aliphatic rings. The maximum absolute atomic E-state index is 9.76. The van der Waals surface area contributed by atoms with E-state index in [0.29, 0.717) is 13.0 Å². The molecule has 0 aliphatic heterocycles. The molecule has 0 spiro atoms. The third kappa shape index (κ3) is 1.81. The topological polar surface area (TPSA) is 42.0 Å². The molecule has 1 aromatic heterocycles. The van der Waals surface area contributed by atoms with Gasteiger partial charge in [-0.25, -0.2) is 4.98 Å². The molecule has 0 atom stereocenters. The lowest BCUT2D eigenvalue weighted by Crippen LogP contribution is -2.09. The minimum absolute atomic E-state index is 0. The van der Waals surface area contributed by atoms with Gasteiger partial charge in [0.15, 0.2) is 0 Å². The average Bonchev–Trinajstić information content (AvgIpc) is 2.34. The summed E-state index contributed by atoms with van der Waals surface area (Å²) >= 11 is 1.52. The van der Waals surface area contributed by atoms with E-state index in [0.717, 1.165) is 5.69 Å². The lowest BCUT2D eigenvalue weighted by atomic mass is 10.5. The lowest BCUT2D eigenvalue weighted by molar-refractivity contribution is -0.109. The highest BCUT2D eigenvalue weighted by atomic mass is 32.1. The zero-order chi connectivity index (χ0) is 6.53. The number of aromatic nitrogens is 1. The molecule has 0 radical (unpaired) electrons. The molecule has 4 heteroatoms. The van der Waals surface area contributed by atoms with Gasteiger partial charge in [0.25, 0.3) is 0 Å². The monoisotopic (exact) mass is 144 g/mol. The van der Waals surface area contributed by atoms with Crippen LogP contribution in [0.4, 0.5) is 0 Å². The first kappa shape index (κ1) is 6.22. The normalized spacial score (nSPS) is 8.89. The number of rotatable bonds is 3. The van der Waals surface area contributed by atoms with Crippen LogP contribution in [0.2, 0.25) is 0 Å². The fraction of sp³-hybridized carbons (Fsp3) is 0.200. The maximum atomic E-state index is 9.76. The van der Waals surface area contributed by atoms with Gasteiger partial charge in [-0.2, -0.15) is 0 Å². The molecule has 0 aliphatic carbocycles. The van der Waals surface area contributed by atoms with Crippen LogP contribution in [-0.4, -0.2) is 11.4 Å². The number of thiazole rings is 1. The van der Waals surface area contributed by atoms with Crippen LogP contribution in [-0.2, 0) is 11.3 Å². The van der Waals surface area contributed by atoms with E-state index in [1.165, 1.54) is 11.3 Å². The van der Waals surface area contributed by atoms with Crippen LogP contribution in [0.5, 0.6) is 0 Å². The number of hydrogen-bond donors (Lipinski definition) is 1.